The molecule has 0 unspecified atom stereocenters. The van der Waals surface area contributed by atoms with Crippen LogP contribution in [-0.2, 0) is 10.3 Å². The van der Waals surface area contributed by atoms with Crippen LogP contribution in [0.2, 0.25) is 0 Å². The van der Waals surface area contributed by atoms with Gasteiger partial charge >= 0.3 is 0 Å². The molecule has 1 aliphatic carbocycles. The fraction of sp³-hybridized carbons (Fsp3) is 0.316. The molecule has 1 aliphatic rings. The maximum atomic E-state index is 13.4. The van der Waals surface area contributed by atoms with Crippen LogP contribution in [0.4, 0.5) is 4.39 Å². The van der Waals surface area contributed by atoms with E-state index in [4.69, 9.17) is 0 Å². The molecular formula is C19H19FN4O2S. The second-order valence-corrected chi connectivity index (χ2v) is 7.53. The minimum atomic E-state index is -2.46. The molecule has 2 heterocycles. The van der Waals surface area contributed by atoms with E-state index in [0.717, 1.165) is 36.9 Å². The zero-order valence-corrected chi connectivity index (χ0v) is 15.4. The highest BCUT2D eigenvalue weighted by atomic mass is 32.2. The van der Waals surface area contributed by atoms with Gasteiger partial charge in [0.05, 0.1) is 23.4 Å². The molecule has 0 amide bonds. The van der Waals surface area contributed by atoms with Crippen LogP contribution in [0.15, 0.2) is 42.9 Å². The van der Waals surface area contributed by atoms with Crippen LogP contribution in [0.5, 0.6) is 0 Å². The summed E-state index contributed by atoms with van der Waals surface area (Å²) in [5, 5.41) is 0. The van der Waals surface area contributed by atoms with Gasteiger partial charge in [0.15, 0.2) is 0 Å². The van der Waals surface area contributed by atoms with Crippen molar-refractivity contribution in [2.75, 3.05) is 0 Å². The molecule has 3 aromatic rings. The van der Waals surface area contributed by atoms with Crippen LogP contribution in [0.3, 0.4) is 0 Å². The minimum Gasteiger partial charge on any atom is -0.326 e. The average molecular weight is 386 g/mol. The summed E-state index contributed by atoms with van der Waals surface area (Å²) in [7, 11) is -2.46. The van der Waals surface area contributed by atoms with Crippen LogP contribution in [-0.4, -0.2) is 27.9 Å². The highest BCUT2D eigenvalue weighted by Gasteiger charge is 2.23. The van der Waals surface area contributed by atoms with Crippen LogP contribution >= 0.6 is 0 Å². The summed E-state index contributed by atoms with van der Waals surface area (Å²) < 4.78 is 38.0. The number of nitrogens with zero attached hydrogens (tertiary/aromatic N) is 3. The lowest BCUT2D eigenvalue weighted by atomic mass is 9.95. The van der Waals surface area contributed by atoms with Crippen molar-refractivity contribution in [3.63, 3.8) is 0 Å². The Morgan fingerprint density at radius 3 is 2.48 bits per heavy atom. The van der Waals surface area contributed by atoms with Gasteiger partial charge in [-0.2, -0.15) is 8.42 Å². The number of rotatable bonds is 3. The molecule has 1 N–H and O–H groups in total. The molecule has 0 saturated heterocycles. The number of benzene rings is 1. The van der Waals surface area contributed by atoms with E-state index in [9.17, 15) is 12.8 Å². The molecule has 4 rings (SSSR count). The van der Waals surface area contributed by atoms with Gasteiger partial charge < -0.3 is 9.55 Å². The summed E-state index contributed by atoms with van der Waals surface area (Å²) in [4.78, 5) is 11.3. The van der Waals surface area contributed by atoms with Gasteiger partial charge in [0.1, 0.15) is 5.82 Å². The highest BCUT2D eigenvalue weighted by molar-refractivity contribution is 7.63. The summed E-state index contributed by atoms with van der Waals surface area (Å²) in [6, 6.07) is 8.19. The first kappa shape index (κ1) is 17.7. The molecule has 1 aromatic carbocycles. The highest BCUT2D eigenvalue weighted by Crippen LogP contribution is 2.36. The topological polar surface area (TPSA) is 80.6 Å². The first-order valence-corrected chi connectivity index (χ1v) is 10.0. The maximum absolute atomic E-state index is 13.4. The van der Waals surface area contributed by atoms with Crippen molar-refractivity contribution in [2.45, 2.75) is 38.1 Å². The van der Waals surface area contributed by atoms with Crippen LogP contribution in [0.25, 0.3) is 22.6 Å². The molecule has 0 spiro atoms. The standard InChI is InChI=1S/C19H19FN4O2S/c20-14-8-6-13(7-9-14)17-18(16-10-11-21-19(23-16)27(25)26)24(12-22-17)15-4-2-1-3-5-15/h6-12,15,23H,1-5H2. The minimum absolute atomic E-state index is 0.131. The van der Waals surface area contributed by atoms with Crippen LogP contribution < -0.4 is 0 Å². The molecule has 2 aromatic heterocycles. The quantitative estimate of drug-likeness (QED) is 0.690. The SMILES string of the molecule is O=S(=O)=c1nccc(-c2c(-c3ccc(F)cc3)ncn2C2CCCCC2)[nH]1. The third-order valence-corrected chi connectivity index (χ3v) is 5.49. The van der Waals surface area contributed by atoms with E-state index in [1.54, 1.807) is 24.5 Å². The fourth-order valence-electron chi connectivity index (χ4n) is 3.67. The van der Waals surface area contributed by atoms with Gasteiger partial charge in [-0.25, -0.2) is 14.4 Å². The Morgan fingerprint density at radius 1 is 1.04 bits per heavy atom. The van der Waals surface area contributed by atoms with E-state index in [1.165, 1.54) is 24.8 Å². The molecule has 0 bridgehead atoms. The average Bonchev–Trinajstić information content (AvgIpc) is 3.14. The molecule has 1 fully saturated rings. The number of aromatic nitrogens is 4. The molecule has 1 saturated carbocycles. The van der Waals surface area contributed by atoms with E-state index in [1.807, 2.05) is 0 Å². The Balaban J connectivity index is 1.93. The third kappa shape index (κ3) is 3.57. The monoisotopic (exact) mass is 386 g/mol. The predicted octanol–water partition coefficient (Wildman–Crippen LogP) is 4.00. The van der Waals surface area contributed by atoms with Crippen molar-refractivity contribution in [1.82, 2.24) is 19.5 Å². The van der Waals surface area contributed by atoms with Gasteiger partial charge in [0.25, 0.3) is 15.1 Å². The summed E-state index contributed by atoms with van der Waals surface area (Å²) in [6.07, 6.45) is 8.91. The molecule has 0 radical (unpaired) electrons. The van der Waals surface area contributed by atoms with Gasteiger partial charge in [0.2, 0.25) is 0 Å². The molecule has 0 aliphatic heterocycles. The molecule has 27 heavy (non-hydrogen) atoms. The Bertz CT molecular complexity index is 1120. The fourth-order valence-corrected chi connectivity index (χ4v) is 4.01. The molecule has 140 valence electrons. The molecular weight excluding hydrogens is 367 g/mol. The van der Waals surface area contributed by atoms with E-state index < -0.39 is 10.3 Å². The zero-order valence-electron chi connectivity index (χ0n) is 14.6. The van der Waals surface area contributed by atoms with Gasteiger partial charge in [-0.15, -0.1) is 0 Å². The number of H-pyrrole nitrogens is 1. The number of hydrogen-bond acceptors (Lipinski definition) is 4. The van der Waals surface area contributed by atoms with Crippen LogP contribution in [0.1, 0.15) is 38.1 Å². The normalized spacial score (nSPS) is 15.0. The van der Waals surface area contributed by atoms with Crippen molar-refractivity contribution < 1.29 is 12.8 Å². The van der Waals surface area contributed by atoms with Crippen LogP contribution in [0, 0.1) is 10.6 Å². The van der Waals surface area contributed by atoms with Gasteiger partial charge in [-0.1, -0.05) is 19.3 Å². The van der Waals surface area contributed by atoms with Gasteiger partial charge in [0, 0.05) is 17.8 Å². The lowest BCUT2D eigenvalue weighted by Gasteiger charge is -2.25. The number of hydrogen-bond donors (Lipinski definition) is 1. The molecule has 0 atom stereocenters. The lowest BCUT2D eigenvalue weighted by Crippen LogP contribution is -2.13. The van der Waals surface area contributed by atoms with E-state index in [2.05, 4.69) is 19.5 Å². The Labute approximate surface area is 157 Å². The maximum Gasteiger partial charge on any atom is 0.258 e. The smallest absolute Gasteiger partial charge is 0.258 e. The van der Waals surface area contributed by atoms with E-state index >= 15 is 0 Å². The second-order valence-electron chi connectivity index (χ2n) is 6.67. The number of imidazole rings is 1. The number of aromatic amines is 1. The predicted molar refractivity (Wildman–Crippen MR) is 99.5 cm³/mol. The Hall–Kier alpha value is -2.74. The third-order valence-electron chi connectivity index (χ3n) is 4.97. The van der Waals surface area contributed by atoms with E-state index in [-0.39, 0.29) is 10.6 Å². The van der Waals surface area contributed by atoms with Gasteiger partial charge in [-0.3, -0.25) is 0 Å². The molecule has 6 nitrogen and oxygen atoms in total. The Morgan fingerprint density at radius 2 is 1.78 bits per heavy atom. The second kappa shape index (κ2) is 7.48. The van der Waals surface area contributed by atoms with Crippen molar-refractivity contribution >= 4 is 10.3 Å². The van der Waals surface area contributed by atoms with Crippen molar-refractivity contribution in [3.05, 3.63) is 53.4 Å². The van der Waals surface area contributed by atoms with E-state index in [0.29, 0.717) is 17.4 Å². The summed E-state index contributed by atoms with van der Waals surface area (Å²) in [5.41, 5.74) is 2.87. The Kier molecular flexibility index (Phi) is 4.89. The molecule has 8 heteroatoms. The summed E-state index contributed by atoms with van der Waals surface area (Å²) in [6.45, 7) is 0. The number of nitrogens with one attached hydrogen (secondary N) is 1. The number of halogens is 1. The van der Waals surface area contributed by atoms with Crippen molar-refractivity contribution in [3.8, 4) is 22.6 Å². The summed E-state index contributed by atoms with van der Waals surface area (Å²) in [5.74, 6) is -0.313. The van der Waals surface area contributed by atoms with Gasteiger partial charge in [-0.05, 0) is 43.2 Å². The van der Waals surface area contributed by atoms with Crippen molar-refractivity contribution in [2.24, 2.45) is 0 Å². The largest absolute Gasteiger partial charge is 0.326 e. The first-order chi connectivity index (χ1) is 13.1. The van der Waals surface area contributed by atoms with Crippen molar-refractivity contribution in [1.29, 1.82) is 0 Å². The first-order valence-electron chi connectivity index (χ1n) is 8.94. The lowest BCUT2D eigenvalue weighted by molar-refractivity contribution is 0.355. The zero-order chi connectivity index (χ0) is 18.8. The summed E-state index contributed by atoms with van der Waals surface area (Å²) >= 11 is 0.